The Hall–Kier alpha value is -3.49. The van der Waals surface area contributed by atoms with Gasteiger partial charge in [0, 0.05) is 42.5 Å². The number of azide groups is 1. The van der Waals surface area contributed by atoms with E-state index in [-0.39, 0.29) is 6.61 Å². The van der Waals surface area contributed by atoms with Crippen molar-refractivity contribution in [2.45, 2.75) is 50.5 Å². The minimum absolute atomic E-state index is 0.0390. The maximum absolute atomic E-state index is 13.5. The number of nitrogens with zero attached hydrogens (tertiary/aromatic N) is 4. The number of hydrogen-bond donors (Lipinski definition) is 1. The molecule has 0 amide bonds. The standard InChI is InChI=1S/C22H23ClN5O11P/c1-12(29)36-18-19(37-13(2)30)22(26-27-24,38-20(18)28-8-6-17(31)25-21(28)32)11-35-40(33)34-9-7-16(39-40)14-4-3-5-15(23)10-14/h3-6,8,10,16,18-20H,7,9,11H2,1-2H3,(H,25,31,32)/t16-,18+,19-,20?,22+,40+/m0/s1. The van der Waals surface area contributed by atoms with E-state index in [0.29, 0.717) is 17.0 Å². The van der Waals surface area contributed by atoms with Crippen LogP contribution in [0.4, 0.5) is 0 Å². The Labute approximate surface area is 230 Å². The van der Waals surface area contributed by atoms with Crippen LogP contribution >= 0.6 is 19.4 Å². The number of phosphoric acid groups is 1. The van der Waals surface area contributed by atoms with Gasteiger partial charge in [-0.15, -0.1) is 0 Å². The molecule has 18 heteroatoms. The molecule has 2 aliphatic rings. The van der Waals surface area contributed by atoms with Crippen molar-refractivity contribution in [1.82, 2.24) is 9.55 Å². The number of benzene rings is 1. The van der Waals surface area contributed by atoms with Crippen LogP contribution in [0, 0.1) is 0 Å². The molecule has 0 aliphatic carbocycles. The van der Waals surface area contributed by atoms with Crippen LogP contribution in [0.3, 0.4) is 0 Å². The average molecular weight is 600 g/mol. The number of carbonyl (C=O) groups excluding carboxylic acids is 2. The van der Waals surface area contributed by atoms with Gasteiger partial charge in [-0.3, -0.25) is 37.5 Å². The van der Waals surface area contributed by atoms with E-state index in [1.54, 1.807) is 24.3 Å². The van der Waals surface area contributed by atoms with E-state index in [1.165, 1.54) is 0 Å². The van der Waals surface area contributed by atoms with Gasteiger partial charge < -0.3 is 14.2 Å². The highest BCUT2D eigenvalue weighted by atomic mass is 35.5. The Morgan fingerprint density at radius 2 is 2.02 bits per heavy atom. The summed E-state index contributed by atoms with van der Waals surface area (Å²) in [5, 5.41) is 4.03. The van der Waals surface area contributed by atoms with E-state index in [0.717, 1.165) is 30.7 Å². The normalized spacial score (nSPS) is 29.8. The fourth-order valence-electron chi connectivity index (χ4n) is 4.23. The molecule has 40 heavy (non-hydrogen) atoms. The van der Waals surface area contributed by atoms with Gasteiger partial charge in [0.15, 0.2) is 18.4 Å². The number of aromatic nitrogens is 2. The Balaban J connectivity index is 1.70. The summed E-state index contributed by atoms with van der Waals surface area (Å²) in [7, 11) is -4.36. The summed E-state index contributed by atoms with van der Waals surface area (Å²) >= 11 is 6.06. The number of H-pyrrole nitrogens is 1. The van der Waals surface area contributed by atoms with E-state index >= 15 is 0 Å². The van der Waals surface area contributed by atoms with Gasteiger partial charge in [0.25, 0.3) is 5.56 Å². The summed E-state index contributed by atoms with van der Waals surface area (Å²) in [5.41, 5.74) is 5.93. The molecule has 2 aliphatic heterocycles. The monoisotopic (exact) mass is 599 g/mol. The topological polar surface area (TPSA) is 210 Å². The number of ether oxygens (including phenoxy) is 3. The van der Waals surface area contributed by atoms with Crippen molar-refractivity contribution in [3.05, 3.63) is 78.4 Å². The molecule has 2 saturated heterocycles. The lowest BCUT2D eigenvalue weighted by molar-refractivity contribution is -0.170. The van der Waals surface area contributed by atoms with E-state index < -0.39 is 67.9 Å². The van der Waals surface area contributed by atoms with Gasteiger partial charge in [-0.2, -0.15) is 0 Å². The van der Waals surface area contributed by atoms with Gasteiger partial charge in [0.2, 0.25) is 5.72 Å². The lowest BCUT2D eigenvalue weighted by Gasteiger charge is -2.33. The van der Waals surface area contributed by atoms with Gasteiger partial charge in [0.05, 0.1) is 19.3 Å². The van der Waals surface area contributed by atoms with Crippen LogP contribution in [0.1, 0.15) is 38.2 Å². The number of aromatic amines is 1. The lowest BCUT2D eigenvalue weighted by atomic mass is 10.1. The van der Waals surface area contributed by atoms with E-state index in [2.05, 4.69) is 10.0 Å². The Kier molecular flexibility index (Phi) is 8.80. The maximum Gasteiger partial charge on any atom is 0.475 e. The fraction of sp³-hybridized carbons (Fsp3) is 0.455. The highest BCUT2D eigenvalue weighted by Crippen LogP contribution is 2.58. The van der Waals surface area contributed by atoms with E-state index in [9.17, 15) is 29.3 Å². The molecule has 1 aromatic carbocycles. The molecule has 1 unspecified atom stereocenters. The second kappa shape index (κ2) is 11.9. The fourth-order valence-corrected chi connectivity index (χ4v) is 5.83. The summed E-state index contributed by atoms with van der Waals surface area (Å²) in [4.78, 5) is 52.9. The van der Waals surface area contributed by atoms with Crippen LogP contribution in [-0.4, -0.2) is 52.6 Å². The third kappa shape index (κ3) is 6.45. The van der Waals surface area contributed by atoms with Crippen LogP contribution in [-0.2, 0) is 41.9 Å². The van der Waals surface area contributed by atoms with Crippen molar-refractivity contribution in [1.29, 1.82) is 0 Å². The predicted octanol–water partition coefficient (Wildman–Crippen LogP) is 2.89. The van der Waals surface area contributed by atoms with Crippen molar-refractivity contribution in [2.24, 2.45) is 5.11 Å². The number of rotatable bonds is 8. The smallest absolute Gasteiger partial charge is 0.455 e. The van der Waals surface area contributed by atoms with Gasteiger partial charge in [0.1, 0.15) is 0 Å². The molecule has 0 spiro atoms. The van der Waals surface area contributed by atoms with Crippen molar-refractivity contribution in [3.8, 4) is 0 Å². The minimum atomic E-state index is -4.36. The first-order chi connectivity index (χ1) is 18.9. The molecular formula is C22H23ClN5O11P. The summed E-state index contributed by atoms with van der Waals surface area (Å²) in [5.74, 6) is -1.78. The summed E-state index contributed by atoms with van der Waals surface area (Å²) in [6.45, 7) is 1.13. The first kappa shape index (κ1) is 29.5. The zero-order chi connectivity index (χ0) is 29.1. The molecule has 214 valence electrons. The molecular weight excluding hydrogens is 577 g/mol. The Bertz CT molecular complexity index is 1510. The quantitative estimate of drug-likeness (QED) is 0.153. The molecule has 1 N–H and O–H groups in total. The molecule has 1 aromatic heterocycles. The molecule has 0 radical (unpaired) electrons. The zero-order valence-corrected chi connectivity index (χ0v) is 22.6. The number of hydrogen-bond acceptors (Lipinski definition) is 12. The molecule has 16 nitrogen and oxygen atoms in total. The minimum Gasteiger partial charge on any atom is -0.455 e. The molecule has 6 atom stereocenters. The highest BCUT2D eigenvalue weighted by Gasteiger charge is 2.61. The maximum atomic E-state index is 13.5. The number of nitrogens with one attached hydrogen (secondary N) is 1. The van der Waals surface area contributed by atoms with Crippen LogP contribution in [0.15, 0.2) is 51.2 Å². The largest absolute Gasteiger partial charge is 0.475 e. The number of esters is 2. The molecule has 0 bridgehead atoms. The second-order valence-electron chi connectivity index (χ2n) is 8.66. The van der Waals surface area contributed by atoms with Gasteiger partial charge >= 0.3 is 25.5 Å². The molecule has 2 fully saturated rings. The molecule has 3 heterocycles. The second-order valence-corrected chi connectivity index (χ2v) is 10.7. The van der Waals surface area contributed by atoms with Gasteiger partial charge in [-0.25, -0.2) is 9.36 Å². The van der Waals surface area contributed by atoms with Crippen molar-refractivity contribution >= 4 is 31.4 Å². The predicted molar refractivity (Wildman–Crippen MR) is 134 cm³/mol. The molecule has 0 saturated carbocycles. The Morgan fingerprint density at radius 1 is 1.27 bits per heavy atom. The van der Waals surface area contributed by atoms with Crippen LogP contribution < -0.4 is 11.2 Å². The van der Waals surface area contributed by atoms with Crippen LogP contribution in [0.5, 0.6) is 0 Å². The van der Waals surface area contributed by atoms with E-state index in [1.807, 2.05) is 4.98 Å². The molecule has 2 aromatic rings. The van der Waals surface area contributed by atoms with Crippen molar-refractivity contribution < 1.29 is 41.9 Å². The van der Waals surface area contributed by atoms with Crippen LogP contribution in [0.2, 0.25) is 5.02 Å². The van der Waals surface area contributed by atoms with Crippen LogP contribution in [0.25, 0.3) is 10.4 Å². The lowest BCUT2D eigenvalue weighted by Crippen LogP contribution is -2.48. The summed E-state index contributed by atoms with van der Waals surface area (Å²) < 4.78 is 47.2. The summed E-state index contributed by atoms with van der Waals surface area (Å²) in [6.07, 6.45) is -4.29. The number of phosphoric ester groups is 1. The third-order valence-electron chi connectivity index (χ3n) is 5.82. The first-order valence-electron chi connectivity index (χ1n) is 11.7. The van der Waals surface area contributed by atoms with Crippen molar-refractivity contribution in [3.63, 3.8) is 0 Å². The SMILES string of the molecule is CC(=O)O[C@H]1C(n2ccc(=O)[nH]c2=O)O[C@@](CO[P@@]2(=O)OCC[C@@H](c3cccc(Cl)c3)O2)(N=[N+]=[N-])[C@H]1OC(C)=O. The Morgan fingerprint density at radius 3 is 2.67 bits per heavy atom. The van der Waals surface area contributed by atoms with Gasteiger partial charge in [-0.05, 0) is 23.2 Å². The summed E-state index contributed by atoms with van der Waals surface area (Å²) in [6, 6.07) is 7.65. The van der Waals surface area contributed by atoms with Gasteiger partial charge in [-0.1, -0.05) is 28.8 Å². The average Bonchev–Trinajstić information content (AvgIpc) is 3.15. The third-order valence-corrected chi connectivity index (χ3v) is 7.51. The highest BCUT2D eigenvalue weighted by molar-refractivity contribution is 7.48. The first-order valence-corrected chi connectivity index (χ1v) is 13.5. The van der Waals surface area contributed by atoms with Crippen molar-refractivity contribution in [2.75, 3.05) is 13.2 Å². The number of carbonyl (C=O) groups is 2. The zero-order valence-electron chi connectivity index (χ0n) is 21.0. The number of halogens is 1. The molecule has 4 rings (SSSR count). The van der Waals surface area contributed by atoms with E-state index in [4.69, 9.17) is 39.4 Å².